The van der Waals surface area contributed by atoms with Gasteiger partial charge in [-0.05, 0) is 42.2 Å². The molecule has 34 heavy (non-hydrogen) atoms. The molecule has 0 bridgehead atoms. The summed E-state index contributed by atoms with van der Waals surface area (Å²) in [6.07, 6.45) is 1.36. The zero-order valence-electron chi connectivity index (χ0n) is 19.4. The van der Waals surface area contributed by atoms with Gasteiger partial charge in [-0.2, -0.15) is 5.26 Å². The molecule has 7 heteroatoms. The molecule has 1 aromatic heterocycles. The standard InChI is InChI=1S/C27H29N5O2/c1-3-29-26(33)22-13-23-27(32-16-22)34-24(17-30-23)25(21-7-5-4-6-8-21)31-15-18(2)20-11-9-19(14-28)10-12-20/h4-13,16,18,24-25,30-31H,3,15,17H2,1-2H3,(H,29,33)/t18-,24+,25-/m1/s1. The van der Waals surface area contributed by atoms with Crippen LogP contribution in [0.2, 0.25) is 0 Å². The molecular weight excluding hydrogens is 426 g/mol. The van der Waals surface area contributed by atoms with E-state index in [-0.39, 0.29) is 24.0 Å². The topological polar surface area (TPSA) is 99.1 Å². The molecule has 0 saturated heterocycles. The molecule has 7 nitrogen and oxygen atoms in total. The Balaban J connectivity index is 1.49. The lowest BCUT2D eigenvalue weighted by molar-refractivity contribution is 0.0955. The minimum absolute atomic E-state index is 0.0625. The highest BCUT2D eigenvalue weighted by Crippen LogP contribution is 2.32. The van der Waals surface area contributed by atoms with Gasteiger partial charge in [-0.1, -0.05) is 49.4 Å². The number of aromatic nitrogens is 1. The number of hydrogen-bond acceptors (Lipinski definition) is 6. The van der Waals surface area contributed by atoms with Crippen molar-refractivity contribution in [3.63, 3.8) is 0 Å². The molecule has 0 saturated carbocycles. The van der Waals surface area contributed by atoms with Gasteiger partial charge in [0.2, 0.25) is 5.88 Å². The Bertz CT molecular complexity index is 1160. The summed E-state index contributed by atoms with van der Waals surface area (Å²) in [7, 11) is 0. The molecule has 3 atom stereocenters. The van der Waals surface area contributed by atoms with E-state index in [1.54, 1.807) is 12.3 Å². The Labute approximate surface area is 200 Å². The first-order valence-electron chi connectivity index (χ1n) is 11.6. The van der Waals surface area contributed by atoms with Crippen molar-refractivity contribution < 1.29 is 9.53 Å². The largest absolute Gasteiger partial charge is 0.469 e. The number of ether oxygens (including phenoxy) is 1. The van der Waals surface area contributed by atoms with Crippen molar-refractivity contribution in [2.24, 2.45) is 0 Å². The van der Waals surface area contributed by atoms with E-state index >= 15 is 0 Å². The van der Waals surface area contributed by atoms with Crippen LogP contribution in [0.4, 0.5) is 5.69 Å². The molecule has 2 aromatic carbocycles. The van der Waals surface area contributed by atoms with Crippen molar-refractivity contribution in [3.05, 3.63) is 89.1 Å². The zero-order valence-corrected chi connectivity index (χ0v) is 19.4. The summed E-state index contributed by atoms with van der Waals surface area (Å²) < 4.78 is 6.31. The number of nitriles is 1. The molecule has 0 unspecified atom stereocenters. The van der Waals surface area contributed by atoms with Gasteiger partial charge in [-0.25, -0.2) is 4.98 Å². The number of anilines is 1. The molecule has 0 fully saturated rings. The number of fused-ring (bicyclic) bond motifs is 1. The van der Waals surface area contributed by atoms with Crippen LogP contribution in [0.1, 0.15) is 52.9 Å². The number of hydrogen-bond donors (Lipinski definition) is 3. The first kappa shape index (κ1) is 23.3. The SMILES string of the molecule is CCNC(=O)c1cnc2c(c1)NC[C@@H]([C@H](NC[C@@H](C)c1ccc(C#N)cc1)c1ccccc1)O2. The van der Waals surface area contributed by atoms with Crippen molar-refractivity contribution in [3.8, 4) is 11.9 Å². The maximum absolute atomic E-state index is 12.1. The van der Waals surface area contributed by atoms with E-state index in [9.17, 15) is 4.79 Å². The molecule has 0 spiro atoms. The lowest BCUT2D eigenvalue weighted by Gasteiger charge is -2.34. The van der Waals surface area contributed by atoms with E-state index in [4.69, 9.17) is 10.00 Å². The first-order chi connectivity index (χ1) is 16.6. The minimum Gasteiger partial charge on any atom is -0.469 e. The summed E-state index contributed by atoms with van der Waals surface area (Å²) >= 11 is 0. The van der Waals surface area contributed by atoms with Crippen molar-refractivity contribution >= 4 is 11.6 Å². The Morgan fingerprint density at radius 3 is 2.68 bits per heavy atom. The van der Waals surface area contributed by atoms with Crippen LogP contribution < -0.4 is 20.7 Å². The van der Waals surface area contributed by atoms with Crippen molar-refractivity contribution in [1.29, 1.82) is 5.26 Å². The van der Waals surface area contributed by atoms with E-state index in [1.807, 2.05) is 49.4 Å². The van der Waals surface area contributed by atoms with Gasteiger partial charge in [0.15, 0.2) is 0 Å². The summed E-state index contributed by atoms with van der Waals surface area (Å²) in [4.78, 5) is 16.6. The van der Waals surface area contributed by atoms with Crippen LogP contribution in [0, 0.1) is 11.3 Å². The summed E-state index contributed by atoms with van der Waals surface area (Å²) in [5, 5.41) is 18.9. The summed E-state index contributed by atoms with van der Waals surface area (Å²) in [5.74, 6) is 0.593. The average Bonchev–Trinajstić information content (AvgIpc) is 2.89. The molecule has 4 rings (SSSR count). The molecule has 174 valence electrons. The van der Waals surface area contributed by atoms with E-state index in [1.165, 1.54) is 5.56 Å². The normalized spacial score (nSPS) is 16.2. The zero-order chi connectivity index (χ0) is 23.9. The van der Waals surface area contributed by atoms with E-state index in [0.717, 1.165) is 17.8 Å². The van der Waals surface area contributed by atoms with Crippen LogP contribution in [-0.4, -0.2) is 36.6 Å². The molecule has 1 aliphatic rings. The van der Waals surface area contributed by atoms with Crippen LogP contribution in [0.15, 0.2) is 66.9 Å². The number of benzene rings is 2. The highest BCUT2D eigenvalue weighted by molar-refractivity contribution is 5.95. The highest BCUT2D eigenvalue weighted by atomic mass is 16.5. The van der Waals surface area contributed by atoms with Gasteiger partial charge >= 0.3 is 0 Å². The van der Waals surface area contributed by atoms with E-state index < -0.39 is 0 Å². The summed E-state index contributed by atoms with van der Waals surface area (Å²) in [5.41, 5.74) is 4.19. The average molecular weight is 456 g/mol. The molecule has 2 heterocycles. The van der Waals surface area contributed by atoms with Crippen molar-refractivity contribution in [1.82, 2.24) is 15.6 Å². The molecule has 0 radical (unpaired) electrons. The van der Waals surface area contributed by atoms with Gasteiger partial charge in [0.1, 0.15) is 6.10 Å². The van der Waals surface area contributed by atoms with Gasteiger partial charge in [0, 0.05) is 19.3 Å². The lowest BCUT2D eigenvalue weighted by Crippen LogP contribution is -2.43. The third-order valence-electron chi connectivity index (χ3n) is 5.99. The number of pyridine rings is 1. The lowest BCUT2D eigenvalue weighted by atomic mass is 9.96. The third kappa shape index (κ3) is 5.36. The van der Waals surface area contributed by atoms with E-state index in [2.05, 4.69) is 46.1 Å². The van der Waals surface area contributed by atoms with Crippen LogP contribution in [0.5, 0.6) is 5.88 Å². The maximum Gasteiger partial charge on any atom is 0.252 e. The van der Waals surface area contributed by atoms with Gasteiger partial charge in [0.25, 0.3) is 5.91 Å². The van der Waals surface area contributed by atoms with Crippen molar-refractivity contribution in [2.75, 3.05) is 25.0 Å². The van der Waals surface area contributed by atoms with Crippen molar-refractivity contribution in [2.45, 2.75) is 31.9 Å². The predicted octanol–water partition coefficient (Wildman–Crippen LogP) is 4.01. The third-order valence-corrected chi connectivity index (χ3v) is 5.99. The maximum atomic E-state index is 12.1. The molecule has 0 aliphatic carbocycles. The second-order valence-electron chi connectivity index (χ2n) is 8.40. The van der Waals surface area contributed by atoms with Crippen LogP contribution in [0.3, 0.4) is 0 Å². The van der Waals surface area contributed by atoms with Crippen LogP contribution in [0.25, 0.3) is 0 Å². The second kappa shape index (κ2) is 10.8. The number of nitrogens with zero attached hydrogens (tertiary/aromatic N) is 2. The quantitative estimate of drug-likeness (QED) is 0.475. The number of rotatable bonds is 8. The molecule has 3 N–H and O–H groups in total. The van der Waals surface area contributed by atoms with Gasteiger partial charge in [-0.3, -0.25) is 4.79 Å². The van der Waals surface area contributed by atoms with Gasteiger partial charge in [0.05, 0.1) is 35.5 Å². The first-order valence-corrected chi connectivity index (χ1v) is 11.6. The predicted molar refractivity (Wildman–Crippen MR) is 132 cm³/mol. The number of carbonyl (C=O) groups excluding carboxylic acids is 1. The van der Waals surface area contributed by atoms with Crippen LogP contribution in [-0.2, 0) is 0 Å². The Morgan fingerprint density at radius 1 is 1.21 bits per heavy atom. The second-order valence-corrected chi connectivity index (χ2v) is 8.40. The minimum atomic E-state index is -0.189. The summed E-state index contributed by atoms with van der Waals surface area (Å²) in [6.45, 7) is 5.92. The fourth-order valence-electron chi connectivity index (χ4n) is 4.07. The fraction of sp³-hybridized carbons (Fsp3) is 0.296. The number of amides is 1. The monoisotopic (exact) mass is 455 g/mol. The Hall–Kier alpha value is -3.89. The van der Waals surface area contributed by atoms with Gasteiger partial charge < -0.3 is 20.7 Å². The Morgan fingerprint density at radius 2 is 1.97 bits per heavy atom. The molecule has 3 aromatic rings. The Kier molecular flexibility index (Phi) is 7.41. The molecule has 1 amide bonds. The molecule has 1 aliphatic heterocycles. The highest BCUT2D eigenvalue weighted by Gasteiger charge is 2.30. The fourth-order valence-corrected chi connectivity index (χ4v) is 4.07. The molecular formula is C27H29N5O2. The van der Waals surface area contributed by atoms with Gasteiger partial charge in [-0.15, -0.1) is 0 Å². The summed E-state index contributed by atoms with van der Waals surface area (Å²) in [6, 6.07) is 21.8. The smallest absolute Gasteiger partial charge is 0.252 e. The number of nitrogens with one attached hydrogen (secondary N) is 3. The van der Waals surface area contributed by atoms with Crippen LogP contribution >= 0.6 is 0 Å². The number of carbonyl (C=O) groups is 1. The van der Waals surface area contributed by atoms with E-state index in [0.29, 0.717) is 30.1 Å².